The number of ether oxygens (including phenoxy) is 1. The molecule has 2 aliphatic rings. The van der Waals surface area contributed by atoms with Crippen molar-refractivity contribution in [3.05, 3.63) is 60.2 Å². The molecule has 2 atom stereocenters. The number of likely N-dealkylation sites (tertiary alicyclic amines) is 1. The maximum absolute atomic E-state index is 12.9. The van der Waals surface area contributed by atoms with Crippen molar-refractivity contribution in [2.75, 3.05) is 20.2 Å². The van der Waals surface area contributed by atoms with E-state index in [2.05, 4.69) is 19.7 Å². The SMILES string of the molecule is COc1ccccc1-c1nnc2n1[C@H]1CN(C(=O)c3cccnc3)C[C@H]1CC2. The average molecular weight is 375 g/mol. The lowest BCUT2D eigenvalue weighted by atomic mass is 9.93. The number of pyridine rings is 1. The van der Waals surface area contributed by atoms with Crippen LogP contribution in [0.3, 0.4) is 0 Å². The Bertz CT molecular complexity index is 1020. The summed E-state index contributed by atoms with van der Waals surface area (Å²) < 4.78 is 7.76. The molecule has 4 heterocycles. The highest BCUT2D eigenvalue weighted by molar-refractivity contribution is 5.94. The summed E-state index contributed by atoms with van der Waals surface area (Å²) in [6.07, 6.45) is 5.21. The molecule has 5 rings (SSSR count). The van der Waals surface area contributed by atoms with Crippen molar-refractivity contribution in [2.45, 2.75) is 18.9 Å². The van der Waals surface area contributed by atoms with Gasteiger partial charge in [0.1, 0.15) is 11.6 Å². The van der Waals surface area contributed by atoms with Crippen LogP contribution < -0.4 is 4.74 Å². The summed E-state index contributed by atoms with van der Waals surface area (Å²) in [7, 11) is 1.67. The normalized spacial score (nSPS) is 20.5. The van der Waals surface area contributed by atoms with E-state index >= 15 is 0 Å². The second-order valence-electron chi connectivity index (χ2n) is 7.33. The predicted molar refractivity (Wildman–Crippen MR) is 103 cm³/mol. The molecule has 1 aromatic carbocycles. The minimum atomic E-state index is 0.0379. The molecule has 0 saturated carbocycles. The number of nitrogens with zero attached hydrogens (tertiary/aromatic N) is 5. The molecule has 3 aromatic rings. The first-order valence-electron chi connectivity index (χ1n) is 9.52. The molecule has 7 nitrogen and oxygen atoms in total. The van der Waals surface area contributed by atoms with Crippen LogP contribution in [0.1, 0.15) is 28.6 Å². The maximum atomic E-state index is 12.9. The van der Waals surface area contributed by atoms with E-state index in [1.165, 1.54) is 0 Å². The standard InChI is InChI=1S/C21H21N5O2/c1-28-18-7-3-2-6-16(18)20-24-23-19-9-8-15-12-25(13-17(15)26(19)20)21(27)14-5-4-10-22-11-14/h2-7,10-11,15,17H,8-9,12-13H2,1H3/t15-,17+/m1/s1. The molecule has 0 bridgehead atoms. The monoisotopic (exact) mass is 375 g/mol. The second kappa shape index (κ2) is 6.74. The zero-order valence-electron chi connectivity index (χ0n) is 15.7. The van der Waals surface area contributed by atoms with E-state index in [4.69, 9.17) is 4.74 Å². The van der Waals surface area contributed by atoms with Crippen LogP contribution in [0.5, 0.6) is 5.75 Å². The Morgan fingerprint density at radius 2 is 2.04 bits per heavy atom. The fourth-order valence-corrected chi connectivity index (χ4v) is 4.44. The van der Waals surface area contributed by atoms with Gasteiger partial charge in [0.15, 0.2) is 5.82 Å². The maximum Gasteiger partial charge on any atom is 0.255 e. The lowest BCUT2D eigenvalue weighted by Crippen LogP contribution is -2.29. The number of carbonyl (C=O) groups excluding carboxylic acids is 1. The summed E-state index contributed by atoms with van der Waals surface area (Å²) in [4.78, 5) is 18.9. The molecule has 0 spiro atoms. The van der Waals surface area contributed by atoms with Crippen molar-refractivity contribution in [1.29, 1.82) is 0 Å². The van der Waals surface area contributed by atoms with Gasteiger partial charge in [0.05, 0.1) is 24.3 Å². The zero-order chi connectivity index (χ0) is 19.1. The van der Waals surface area contributed by atoms with Crippen LogP contribution in [0.25, 0.3) is 11.4 Å². The second-order valence-corrected chi connectivity index (χ2v) is 7.33. The Kier molecular flexibility index (Phi) is 4.07. The fraction of sp³-hybridized carbons (Fsp3) is 0.333. The molecule has 2 aromatic heterocycles. The first kappa shape index (κ1) is 16.9. The number of para-hydroxylation sites is 1. The molecule has 28 heavy (non-hydrogen) atoms. The van der Waals surface area contributed by atoms with Gasteiger partial charge in [-0.1, -0.05) is 12.1 Å². The van der Waals surface area contributed by atoms with Gasteiger partial charge in [0.25, 0.3) is 5.91 Å². The Balaban J connectivity index is 1.50. The summed E-state index contributed by atoms with van der Waals surface area (Å²) in [5, 5.41) is 8.93. The summed E-state index contributed by atoms with van der Waals surface area (Å²) in [5.41, 5.74) is 1.57. The summed E-state index contributed by atoms with van der Waals surface area (Å²) in [6, 6.07) is 11.7. The summed E-state index contributed by atoms with van der Waals surface area (Å²) in [5.74, 6) is 3.02. The number of hydrogen-bond donors (Lipinski definition) is 0. The number of methoxy groups -OCH3 is 1. The van der Waals surface area contributed by atoms with E-state index in [1.807, 2.05) is 35.2 Å². The zero-order valence-corrected chi connectivity index (χ0v) is 15.7. The Morgan fingerprint density at radius 3 is 2.86 bits per heavy atom. The van der Waals surface area contributed by atoms with Gasteiger partial charge in [0.2, 0.25) is 0 Å². The first-order chi connectivity index (χ1) is 13.8. The summed E-state index contributed by atoms with van der Waals surface area (Å²) in [6.45, 7) is 1.41. The van der Waals surface area contributed by atoms with Crippen LogP contribution in [0.15, 0.2) is 48.8 Å². The van der Waals surface area contributed by atoms with Crippen LogP contribution in [-0.4, -0.2) is 50.8 Å². The molecule has 1 saturated heterocycles. The van der Waals surface area contributed by atoms with Crippen LogP contribution in [0, 0.1) is 5.92 Å². The van der Waals surface area contributed by atoms with Crippen molar-refractivity contribution in [3.63, 3.8) is 0 Å². The molecule has 0 unspecified atom stereocenters. The molecule has 142 valence electrons. The van der Waals surface area contributed by atoms with Gasteiger partial charge < -0.3 is 14.2 Å². The number of aryl methyl sites for hydroxylation is 1. The van der Waals surface area contributed by atoms with Crippen LogP contribution in [0.4, 0.5) is 0 Å². The molecule has 2 aliphatic heterocycles. The first-order valence-corrected chi connectivity index (χ1v) is 9.52. The molecular formula is C21H21N5O2. The van der Waals surface area contributed by atoms with Crippen molar-refractivity contribution in [1.82, 2.24) is 24.6 Å². The highest BCUT2D eigenvalue weighted by Gasteiger charge is 2.41. The van der Waals surface area contributed by atoms with Gasteiger partial charge in [0, 0.05) is 31.9 Å². The van der Waals surface area contributed by atoms with E-state index in [-0.39, 0.29) is 11.9 Å². The lowest BCUT2D eigenvalue weighted by molar-refractivity contribution is 0.0784. The van der Waals surface area contributed by atoms with Gasteiger partial charge in [-0.3, -0.25) is 9.78 Å². The van der Waals surface area contributed by atoms with E-state index in [0.29, 0.717) is 18.0 Å². The molecular weight excluding hydrogens is 354 g/mol. The smallest absolute Gasteiger partial charge is 0.255 e. The molecule has 7 heteroatoms. The number of rotatable bonds is 3. The third-order valence-electron chi connectivity index (χ3n) is 5.79. The number of amides is 1. The molecule has 1 fully saturated rings. The van der Waals surface area contributed by atoms with E-state index in [9.17, 15) is 4.79 Å². The highest BCUT2D eigenvalue weighted by Crippen LogP contribution is 2.40. The number of hydrogen-bond acceptors (Lipinski definition) is 5. The molecule has 0 radical (unpaired) electrons. The molecule has 0 aliphatic carbocycles. The van der Waals surface area contributed by atoms with Crippen molar-refractivity contribution in [2.24, 2.45) is 5.92 Å². The quantitative estimate of drug-likeness (QED) is 0.704. The molecule has 1 amide bonds. The van der Waals surface area contributed by atoms with Gasteiger partial charge in [-0.2, -0.15) is 0 Å². The lowest BCUT2D eigenvalue weighted by Gasteiger charge is -2.27. The Labute approximate surface area is 163 Å². The number of carbonyl (C=O) groups is 1. The number of benzene rings is 1. The fourth-order valence-electron chi connectivity index (χ4n) is 4.44. The van der Waals surface area contributed by atoms with Crippen molar-refractivity contribution < 1.29 is 9.53 Å². The number of aromatic nitrogens is 4. The van der Waals surface area contributed by atoms with Gasteiger partial charge in [-0.25, -0.2) is 0 Å². The predicted octanol–water partition coefficient (Wildman–Crippen LogP) is 2.61. The summed E-state index contributed by atoms with van der Waals surface area (Å²) >= 11 is 0. The third kappa shape index (κ3) is 2.66. The average Bonchev–Trinajstić information content (AvgIpc) is 3.37. The Morgan fingerprint density at radius 1 is 1.14 bits per heavy atom. The minimum Gasteiger partial charge on any atom is -0.496 e. The topological polar surface area (TPSA) is 73.1 Å². The highest BCUT2D eigenvalue weighted by atomic mass is 16.5. The van der Waals surface area contributed by atoms with Crippen LogP contribution in [-0.2, 0) is 6.42 Å². The van der Waals surface area contributed by atoms with E-state index in [1.54, 1.807) is 25.6 Å². The Hall–Kier alpha value is -3.22. The van der Waals surface area contributed by atoms with Crippen molar-refractivity contribution >= 4 is 5.91 Å². The molecule has 0 N–H and O–H groups in total. The van der Waals surface area contributed by atoms with Crippen LogP contribution in [0.2, 0.25) is 0 Å². The van der Waals surface area contributed by atoms with Gasteiger partial charge in [-0.05, 0) is 36.6 Å². The minimum absolute atomic E-state index is 0.0379. The van der Waals surface area contributed by atoms with Crippen LogP contribution >= 0.6 is 0 Å². The largest absolute Gasteiger partial charge is 0.496 e. The van der Waals surface area contributed by atoms with Gasteiger partial charge >= 0.3 is 0 Å². The van der Waals surface area contributed by atoms with E-state index < -0.39 is 0 Å². The van der Waals surface area contributed by atoms with Crippen molar-refractivity contribution in [3.8, 4) is 17.1 Å². The third-order valence-corrected chi connectivity index (χ3v) is 5.79. The number of fused-ring (bicyclic) bond motifs is 3. The van der Waals surface area contributed by atoms with Gasteiger partial charge in [-0.15, -0.1) is 10.2 Å². The van der Waals surface area contributed by atoms with E-state index in [0.717, 1.165) is 42.3 Å².